The van der Waals surface area contributed by atoms with Gasteiger partial charge in [0.15, 0.2) is 15.4 Å². The summed E-state index contributed by atoms with van der Waals surface area (Å²) >= 11 is 0. The van der Waals surface area contributed by atoms with Crippen molar-refractivity contribution in [3.8, 4) is 0 Å². The van der Waals surface area contributed by atoms with E-state index in [-0.39, 0.29) is 12.2 Å². The topological polar surface area (TPSA) is 101 Å². The van der Waals surface area contributed by atoms with Crippen molar-refractivity contribution in [3.05, 3.63) is 35.9 Å². The quantitative estimate of drug-likeness (QED) is 0.780. The number of carbonyl (C=O) groups is 2. The van der Waals surface area contributed by atoms with E-state index in [0.717, 1.165) is 0 Å². The molecule has 0 radical (unpaired) electrons. The number of amides is 1. The Hall–Kier alpha value is -1.89. The molecule has 1 aromatic rings. The summed E-state index contributed by atoms with van der Waals surface area (Å²) in [7, 11) is -3.51. The zero-order valence-corrected chi connectivity index (χ0v) is 12.8. The average molecular weight is 313 g/mol. The Morgan fingerprint density at radius 3 is 2.19 bits per heavy atom. The van der Waals surface area contributed by atoms with Gasteiger partial charge in [0.2, 0.25) is 5.91 Å². The molecular weight excluding hydrogens is 294 g/mol. The van der Waals surface area contributed by atoms with Gasteiger partial charge in [0.25, 0.3) is 0 Å². The highest BCUT2D eigenvalue weighted by Crippen LogP contribution is 2.25. The first-order chi connectivity index (χ1) is 9.77. The van der Waals surface area contributed by atoms with E-state index in [1.54, 1.807) is 37.3 Å². The van der Waals surface area contributed by atoms with Gasteiger partial charge >= 0.3 is 5.97 Å². The molecule has 0 saturated heterocycles. The van der Waals surface area contributed by atoms with Crippen LogP contribution in [0.15, 0.2) is 30.3 Å². The molecule has 0 saturated carbocycles. The zero-order valence-electron chi connectivity index (χ0n) is 12.0. The van der Waals surface area contributed by atoms with Gasteiger partial charge in [0, 0.05) is 5.75 Å². The van der Waals surface area contributed by atoms with Crippen molar-refractivity contribution in [2.24, 2.45) is 0 Å². The Bertz CT molecular complexity index is 612. The van der Waals surface area contributed by atoms with Gasteiger partial charge in [-0.25, -0.2) is 13.2 Å². The summed E-state index contributed by atoms with van der Waals surface area (Å²) in [5, 5.41) is 11.9. The molecule has 1 aromatic carbocycles. The van der Waals surface area contributed by atoms with Crippen molar-refractivity contribution in [2.75, 3.05) is 11.5 Å². The number of rotatable bonds is 7. The highest BCUT2D eigenvalue weighted by Gasteiger charge is 2.40. The third kappa shape index (κ3) is 4.04. The Labute approximate surface area is 124 Å². The van der Waals surface area contributed by atoms with E-state index in [1.807, 2.05) is 0 Å². The van der Waals surface area contributed by atoms with Gasteiger partial charge in [-0.3, -0.25) is 4.79 Å². The number of hydrogen-bond acceptors (Lipinski definition) is 4. The SMILES string of the molecule is CCC(NC(=O)CS(=O)(=O)CC)(C(=O)O)c1ccccc1. The Kier molecular flexibility index (Phi) is 5.48. The van der Waals surface area contributed by atoms with Crippen molar-refractivity contribution in [1.82, 2.24) is 5.32 Å². The zero-order chi connectivity index (χ0) is 16.1. The Morgan fingerprint density at radius 2 is 1.76 bits per heavy atom. The number of benzene rings is 1. The fourth-order valence-electron chi connectivity index (χ4n) is 1.99. The minimum Gasteiger partial charge on any atom is -0.479 e. The molecule has 1 atom stereocenters. The second-order valence-electron chi connectivity index (χ2n) is 4.65. The molecule has 0 spiro atoms. The van der Waals surface area contributed by atoms with Gasteiger partial charge in [-0.1, -0.05) is 44.2 Å². The van der Waals surface area contributed by atoms with E-state index >= 15 is 0 Å². The van der Waals surface area contributed by atoms with Crippen LogP contribution in [0, 0.1) is 0 Å². The predicted molar refractivity (Wildman–Crippen MR) is 78.5 cm³/mol. The molecule has 0 aliphatic heterocycles. The number of aliphatic carboxylic acids is 1. The van der Waals surface area contributed by atoms with Gasteiger partial charge in [-0.05, 0) is 12.0 Å². The third-order valence-corrected chi connectivity index (χ3v) is 4.89. The first-order valence-electron chi connectivity index (χ1n) is 6.57. The van der Waals surface area contributed by atoms with E-state index < -0.39 is 33.0 Å². The van der Waals surface area contributed by atoms with Crippen molar-refractivity contribution in [1.29, 1.82) is 0 Å². The first-order valence-corrected chi connectivity index (χ1v) is 8.40. The van der Waals surface area contributed by atoms with Crippen LogP contribution in [-0.2, 0) is 25.0 Å². The van der Waals surface area contributed by atoms with Crippen LogP contribution in [0.2, 0.25) is 0 Å². The smallest absolute Gasteiger partial charge is 0.334 e. The molecule has 1 amide bonds. The maximum absolute atomic E-state index is 11.9. The summed E-state index contributed by atoms with van der Waals surface area (Å²) in [4.78, 5) is 23.6. The molecule has 0 aliphatic carbocycles. The number of nitrogens with one attached hydrogen (secondary N) is 1. The highest BCUT2D eigenvalue weighted by molar-refractivity contribution is 7.92. The van der Waals surface area contributed by atoms with Gasteiger partial charge in [-0.15, -0.1) is 0 Å². The number of carboxylic acid groups (broad SMARTS) is 1. The second kappa shape index (κ2) is 6.71. The lowest BCUT2D eigenvalue weighted by atomic mass is 9.87. The summed E-state index contributed by atoms with van der Waals surface area (Å²) in [5.41, 5.74) is -1.22. The first kappa shape index (κ1) is 17.2. The molecule has 0 fully saturated rings. The minimum absolute atomic E-state index is 0.101. The summed E-state index contributed by atoms with van der Waals surface area (Å²) in [6.07, 6.45) is 0.101. The highest BCUT2D eigenvalue weighted by atomic mass is 32.2. The van der Waals surface area contributed by atoms with E-state index in [9.17, 15) is 23.1 Å². The van der Waals surface area contributed by atoms with Crippen LogP contribution in [0.1, 0.15) is 25.8 Å². The van der Waals surface area contributed by atoms with Gasteiger partial charge in [0.1, 0.15) is 5.75 Å². The molecule has 0 aliphatic rings. The third-order valence-electron chi connectivity index (χ3n) is 3.31. The fraction of sp³-hybridized carbons (Fsp3) is 0.429. The molecule has 116 valence electrons. The summed E-state index contributed by atoms with van der Waals surface area (Å²) in [5.74, 6) is -2.92. The molecule has 0 aromatic heterocycles. The standard InChI is InChI=1S/C14H19NO5S/c1-3-14(13(17)18,11-8-6-5-7-9-11)15-12(16)10-21(19,20)4-2/h5-9H,3-4,10H2,1-2H3,(H,15,16)(H,17,18). The Balaban J connectivity index is 3.11. The molecule has 7 heteroatoms. The summed E-state index contributed by atoms with van der Waals surface area (Å²) in [6.45, 7) is 3.06. The van der Waals surface area contributed by atoms with Gasteiger partial charge in [-0.2, -0.15) is 0 Å². The van der Waals surface area contributed by atoms with E-state index in [2.05, 4.69) is 5.32 Å². The monoisotopic (exact) mass is 313 g/mol. The molecule has 1 rings (SSSR count). The van der Waals surface area contributed by atoms with Crippen molar-refractivity contribution in [3.63, 3.8) is 0 Å². The Morgan fingerprint density at radius 1 is 1.19 bits per heavy atom. The number of carboxylic acids is 1. The lowest BCUT2D eigenvalue weighted by molar-refractivity contribution is -0.148. The fourth-order valence-corrected chi connectivity index (χ4v) is 2.67. The molecular formula is C14H19NO5S. The maximum Gasteiger partial charge on any atom is 0.334 e. The molecule has 1 unspecified atom stereocenters. The predicted octanol–water partition coefficient (Wildman–Crippen LogP) is 0.927. The van der Waals surface area contributed by atoms with Crippen molar-refractivity contribution >= 4 is 21.7 Å². The number of sulfone groups is 1. The van der Waals surface area contributed by atoms with Gasteiger partial charge < -0.3 is 10.4 Å². The van der Waals surface area contributed by atoms with Gasteiger partial charge in [0.05, 0.1) is 0 Å². The molecule has 0 bridgehead atoms. The van der Waals surface area contributed by atoms with E-state index in [4.69, 9.17) is 0 Å². The number of hydrogen-bond donors (Lipinski definition) is 2. The van der Waals surface area contributed by atoms with Crippen LogP contribution < -0.4 is 5.32 Å². The van der Waals surface area contributed by atoms with E-state index in [0.29, 0.717) is 5.56 Å². The maximum atomic E-state index is 11.9. The molecule has 6 nitrogen and oxygen atoms in total. The van der Waals surface area contributed by atoms with Crippen molar-refractivity contribution in [2.45, 2.75) is 25.8 Å². The average Bonchev–Trinajstić information content (AvgIpc) is 2.45. The molecule has 0 heterocycles. The molecule has 21 heavy (non-hydrogen) atoms. The lowest BCUT2D eigenvalue weighted by Crippen LogP contribution is -2.53. The molecule has 2 N–H and O–H groups in total. The van der Waals surface area contributed by atoms with Crippen LogP contribution in [0.4, 0.5) is 0 Å². The summed E-state index contributed by atoms with van der Waals surface area (Å²) < 4.78 is 23.0. The van der Waals surface area contributed by atoms with Crippen LogP contribution in [0.5, 0.6) is 0 Å². The van der Waals surface area contributed by atoms with Crippen molar-refractivity contribution < 1.29 is 23.1 Å². The largest absolute Gasteiger partial charge is 0.479 e. The minimum atomic E-state index is -3.51. The number of carbonyl (C=O) groups excluding carboxylic acids is 1. The second-order valence-corrected chi connectivity index (χ2v) is 7.01. The van der Waals surface area contributed by atoms with Crippen LogP contribution in [0.3, 0.4) is 0 Å². The van der Waals surface area contributed by atoms with Crippen LogP contribution in [-0.4, -0.2) is 36.9 Å². The summed E-state index contributed by atoms with van der Waals surface area (Å²) in [6, 6.07) is 8.24. The van der Waals surface area contributed by atoms with Crippen LogP contribution in [0.25, 0.3) is 0 Å². The van der Waals surface area contributed by atoms with Crippen LogP contribution >= 0.6 is 0 Å². The lowest BCUT2D eigenvalue weighted by Gasteiger charge is -2.30. The van der Waals surface area contributed by atoms with E-state index in [1.165, 1.54) is 6.92 Å². The normalized spacial score (nSPS) is 14.2.